The van der Waals surface area contributed by atoms with Crippen molar-refractivity contribution in [2.75, 3.05) is 56.0 Å². The van der Waals surface area contributed by atoms with E-state index in [9.17, 15) is 32.7 Å². The van der Waals surface area contributed by atoms with Gasteiger partial charge < -0.3 is 25.3 Å². The van der Waals surface area contributed by atoms with E-state index in [2.05, 4.69) is 15.1 Å². The van der Waals surface area contributed by atoms with Gasteiger partial charge in [0.15, 0.2) is 0 Å². The molecular weight excluding hydrogens is 521 g/mol. The Morgan fingerprint density at radius 1 is 0.821 bits per heavy atom. The van der Waals surface area contributed by atoms with Gasteiger partial charge in [0.1, 0.15) is 0 Å². The molecule has 0 radical (unpaired) electrons. The molecule has 4 rings (SSSR count). The minimum absolute atomic E-state index is 0.118. The molecule has 210 valence electrons. The highest BCUT2D eigenvalue weighted by Gasteiger charge is 2.38. The van der Waals surface area contributed by atoms with Gasteiger partial charge in [0.05, 0.1) is 23.5 Å². The molecule has 0 bridgehead atoms. The Morgan fingerprint density at radius 2 is 1.41 bits per heavy atom. The van der Waals surface area contributed by atoms with Gasteiger partial charge in [0, 0.05) is 44.8 Å². The number of carbonyl (C=O) groups is 4. The normalized spacial score (nSPS) is 15.8. The second kappa shape index (κ2) is 13.1. The van der Waals surface area contributed by atoms with Crippen molar-refractivity contribution >= 4 is 35.1 Å². The maximum Gasteiger partial charge on any atom is 0.490 e. The van der Waals surface area contributed by atoms with Crippen molar-refractivity contribution in [2.45, 2.75) is 19.0 Å². The number of aliphatic carboxylic acids is 1. The summed E-state index contributed by atoms with van der Waals surface area (Å²) in [5.41, 5.74) is 1.88. The highest BCUT2D eigenvalue weighted by molar-refractivity contribution is 6.06. The Balaban J connectivity index is 0.000000532. The van der Waals surface area contributed by atoms with Crippen LogP contribution in [0.15, 0.2) is 48.5 Å². The minimum Gasteiger partial charge on any atom is -0.478 e. The zero-order valence-corrected chi connectivity index (χ0v) is 21.0. The van der Waals surface area contributed by atoms with E-state index in [0.717, 1.165) is 44.7 Å². The number of alkyl halides is 3. The highest BCUT2D eigenvalue weighted by Crippen LogP contribution is 2.29. The van der Waals surface area contributed by atoms with Crippen molar-refractivity contribution in [3.63, 3.8) is 0 Å². The number of nitrogens with zero attached hydrogens (tertiary/aromatic N) is 3. The summed E-state index contributed by atoms with van der Waals surface area (Å²) < 4.78 is 31.7. The topological polar surface area (TPSA) is 130 Å². The van der Waals surface area contributed by atoms with Gasteiger partial charge in [-0.2, -0.15) is 13.2 Å². The number of likely N-dealkylation sites (tertiary alicyclic amines) is 1. The number of amides is 2. The fourth-order valence-electron chi connectivity index (χ4n) is 4.23. The molecule has 2 aromatic rings. The van der Waals surface area contributed by atoms with Crippen molar-refractivity contribution in [1.82, 2.24) is 9.80 Å². The lowest BCUT2D eigenvalue weighted by molar-refractivity contribution is -0.192. The minimum atomic E-state index is -5.08. The zero-order valence-electron chi connectivity index (χ0n) is 21.0. The van der Waals surface area contributed by atoms with Gasteiger partial charge in [-0.3, -0.25) is 14.5 Å². The molecule has 2 aliphatic heterocycles. The van der Waals surface area contributed by atoms with E-state index in [1.165, 1.54) is 6.07 Å². The van der Waals surface area contributed by atoms with Gasteiger partial charge in [0.2, 0.25) is 5.91 Å². The summed E-state index contributed by atoms with van der Waals surface area (Å²) in [5, 5.41) is 19.4. The van der Waals surface area contributed by atoms with Gasteiger partial charge in [-0.1, -0.05) is 18.2 Å². The van der Waals surface area contributed by atoms with Crippen molar-refractivity contribution in [3.8, 4) is 0 Å². The summed E-state index contributed by atoms with van der Waals surface area (Å²) in [6.07, 6.45) is -2.91. The van der Waals surface area contributed by atoms with Crippen LogP contribution in [0.4, 0.5) is 24.5 Å². The van der Waals surface area contributed by atoms with Gasteiger partial charge >= 0.3 is 18.1 Å². The predicted octanol–water partition coefficient (Wildman–Crippen LogP) is 3.01. The van der Waals surface area contributed by atoms with E-state index >= 15 is 0 Å². The monoisotopic (exact) mass is 550 g/mol. The SMILES string of the molecule is O=C(O)C(F)(F)F.O=C(O)c1ccc(N2CCN(CC(=O)N3CCCC3)CC2)c(NC(=O)c2ccccc2)c1. The molecule has 0 spiro atoms. The van der Waals surface area contributed by atoms with Crippen molar-refractivity contribution < 1.29 is 42.6 Å². The number of aromatic carboxylic acids is 1. The number of piperazine rings is 1. The lowest BCUT2D eigenvalue weighted by atomic mass is 10.1. The van der Waals surface area contributed by atoms with Crippen molar-refractivity contribution in [1.29, 1.82) is 0 Å². The average molecular weight is 551 g/mol. The third-order valence-electron chi connectivity index (χ3n) is 6.30. The molecule has 10 nitrogen and oxygen atoms in total. The molecule has 3 N–H and O–H groups in total. The fraction of sp³-hybridized carbons (Fsp3) is 0.385. The Labute approximate surface area is 222 Å². The van der Waals surface area contributed by atoms with Crippen LogP contribution in [0.25, 0.3) is 0 Å². The van der Waals surface area contributed by atoms with Crippen molar-refractivity contribution in [2.24, 2.45) is 0 Å². The molecule has 0 aromatic heterocycles. The predicted molar refractivity (Wildman–Crippen MR) is 136 cm³/mol. The highest BCUT2D eigenvalue weighted by atomic mass is 19.4. The van der Waals surface area contributed by atoms with Crippen LogP contribution in [0.2, 0.25) is 0 Å². The number of carboxylic acids is 2. The molecule has 2 saturated heterocycles. The number of nitrogens with one attached hydrogen (secondary N) is 1. The molecule has 39 heavy (non-hydrogen) atoms. The Kier molecular flexibility index (Phi) is 9.88. The first kappa shape index (κ1) is 29.4. The molecule has 2 heterocycles. The van der Waals surface area contributed by atoms with Crippen LogP contribution in [0.1, 0.15) is 33.6 Å². The van der Waals surface area contributed by atoms with E-state index in [4.69, 9.17) is 9.90 Å². The van der Waals surface area contributed by atoms with E-state index in [-0.39, 0.29) is 17.4 Å². The van der Waals surface area contributed by atoms with Crippen LogP contribution in [-0.4, -0.2) is 95.8 Å². The van der Waals surface area contributed by atoms with Crippen molar-refractivity contribution in [3.05, 3.63) is 59.7 Å². The lowest BCUT2D eigenvalue weighted by Crippen LogP contribution is -2.50. The summed E-state index contributed by atoms with van der Waals surface area (Å²) in [6, 6.07) is 13.6. The number of rotatable bonds is 6. The number of carbonyl (C=O) groups excluding carboxylic acids is 2. The van der Waals surface area contributed by atoms with Gasteiger partial charge in [0.25, 0.3) is 5.91 Å². The molecule has 0 atom stereocenters. The first-order valence-electron chi connectivity index (χ1n) is 12.2. The Hall–Kier alpha value is -4.13. The molecule has 2 aliphatic rings. The van der Waals surface area contributed by atoms with E-state index in [0.29, 0.717) is 30.9 Å². The molecule has 2 aromatic carbocycles. The quantitative estimate of drug-likeness (QED) is 0.501. The maximum absolute atomic E-state index is 12.7. The van der Waals surface area contributed by atoms with Crippen LogP contribution < -0.4 is 10.2 Å². The second-order valence-electron chi connectivity index (χ2n) is 9.01. The third kappa shape index (κ3) is 8.43. The van der Waals surface area contributed by atoms with E-state index in [1.807, 2.05) is 11.0 Å². The molecule has 0 aliphatic carbocycles. The fourth-order valence-corrected chi connectivity index (χ4v) is 4.23. The molecular formula is C26H29F3N4O6. The van der Waals surface area contributed by atoms with Crippen LogP contribution in [-0.2, 0) is 9.59 Å². The lowest BCUT2D eigenvalue weighted by Gasteiger charge is -2.37. The van der Waals surface area contributed by atoms with Gasteiger partial charge in [-0.25, -0.2) is 9.59 Å². The molecule has 2 fully saturated rings. The number of halogens is 3. The summed E-state index contributed by atoms with van der Waals surface area (Å²) in [5.74, 6) is -3.90. The smallest absolute Gasteiger partial charge is 0.478 e. The average Bonchev–Trinajstić information content (AvgIpc) is 3.45. The van der Waals surface area contributed by atoms with Crippen LogP contribution in [0, 0.1) is 0 Å². The van der Waals surface area contributed by atoms with Gasteiger partial charge in [-0.15, -0.1) is 0 Å². The number of hydrogen-bond donors (Lipinski definition) is 3. The number of anilines is 2. The summed E-state index contributed by atoms with van der Waals surface area (Å²) >= 11 is 0. The van der Waals surface area contributed by atoms with Gasteiger partial charge in [-0.05, 0) is 43.2 Å². The summed E-state index contributed by atoms with van der Waals surface area (Å²) in [7, 11) is 0. The van der Waals surface area contributed by atoms with E-state index in [1.54, 1.807) is 36.4 Å². The molecule has 13 heteroatoms. The largest absolute Gasteiger partial charge is 0.490 e. The van der Waals surface area contributed by atoms with Crippen LogP contribution in [0.5, 0.6) is 0 Å². The Bertz CT molecular complexity index is 1180. The van der Waals surface area contributed by atoms with Crippen LogP contribution >= 0.6 is 0 Å². The summed E-state index contributed by atoms with van der Waals surface area (Å²) in [6.45, 7) is 4.99. The van der Waals surface area contributed by atoms with E-state index < -0.39 is 18.1 Å². The third-order valence-corrected chi connectivity index (χ3v) is 6.30. The number of benzene rings is 2. The maximum atomic E-state index is 12.7. The van der Waals surface area contributed by atoms with Crippen LogP contribution in [0.3, 0.4) is 0 Å². The second-order valence-corrected chi connectivity index (χ2v) is 9.01. The molecule has 0 unspecified atom stereocenters. The molecule has 2 amide bonds. The first-order valence-corrected chi connectivity index (χ1v) is 12.2. The zero-order chi connectivity index (χ0) is 28.6. The Morgan fingerprint density at radius 3 is 1.95 bits per heavy atom. The number of hydrogen-bond acceptors (Lipinski definition) is 6. The molecule has 0 saturated carbocycles. The summed E-state index contributed by atoms with van der Waals surface area (Å²) in [4.78, 5) is 51.7. The number of carboxylic acid groups (broad SMARTS) is 2. The standard InChI is InChI=1S/C24H28N4O4.C2HF3O2/c29-22(28-10-4-5-11-28)17-26-12-14-27(15-13-26)21-9-8-19(24(31)32)16-20(21)25-23(30)18-6-2-1-3-7-18;3-2(4,5)1(6)7/h1-3,6-9,16H,4-5,10-15,17H2,(H,25,30)(H,31,32);(H,6,7). The first-order chi connectivity index (χ1) is 18.5.